The standard InChI is InChI=1S/C9H14N2O3.Na/c1-2-5-10-6-7-11-8(12)3-4-9(13)14;/h2-5,10H,6-7H2,1H3,(H,11,12)(H,13,14);/q;+1/p-1/b4-3+,5-2+;. The SMILES string of the molecule is C/C=C/NCCN=C([O-])/C=C/C(=O)O.[Na+]. The van der Waals surface area contributed by atoms with Gasteiger partial charge in [-0.25, -0.2) is 4.79 Å². The second kappa shape index (κ2) is 11.3. The summed E-state index contributed by atoms with van der Waals surface area (Å²) in [5, 5.41) is 21.9. The molecule has 0 bridgehead atoms. The normalized spacial score (nSPS) is 11.7. The Morgan fingerprint density at radius 1 is 1.53 bits per heavy atom. The first-order valence-corrected chi connectivity index (χ1v) is 4.14. The van der Waals surface area contributed by atoms with E-state index in [-0.39, 0.29) is 29.6 Å². The van der Waals surface area contributed by atoms with Gasteiger partial charge < -0.3 is 15.5 Å². The van der Waals surface area contributed by atoms with E-state index < -0.39 is 11.9 Å². The fourth-order valence-corrected chi connectivity index (χ4v) is 0.627. The molecule has 5 nitrogen and oxygen atoms in total. The minimum absolute atomic E-state index is 0. The van der Waals surface area contributed by atoms with Crippen LogP contribution in [0.5, 0.6) is 0 Å². The number of rotatable bonds is 6. The van der Waals surface area contributed by atoms with Gasteiger partial charge in [0.15, 0.2) is 0 Å². The van der Waals surface area contributed by atoms with Gasteiger partial charge in [-0.3, -0.25) is 4.99 Å². The van der Waals surface area contributed by atoms with Gasteiger partial charge in [0.25, 0.3) is 0 Å². The Hall–Kier alpha value is -0.780. The molecule has 0 amide bonds. The molecule has 15 heavy (non-hydrogen) atoms. The molecular weight excluding hydrogens is 207 g/mol. The first kappa shape index (κ1) is 16.6. The zero-order valence-corrected chi connectivity index (χ0v) is 10.9. The molecule has 0 aromatic heterocycles. The molecule has 0 aliphatic rings. The summed E-state index contributed by atoms with van der Waals surface area (Å²) >= 11 is 0. The summed E-state index contributed by atoms with van der Waals surface area (Å²) in [4.78, 5) is 13.6. The van der Waals surface area contributed by atoms with Crippen LogP contribution in [-0.4, -0.2) is 30.1 Å². The Kier molecular flexibility index (Phi) is 12.5. The minimum atomic E-state index is -1.15. The average Bonchev–Trinajstić information content (AvgIpc) is 2.14. The predicted molar refractivity (Wildman–Crippen MR) is 51.9 cm³/mol. The van der Waals surface area contributed by atoms with Crippen molar-refractivity contribution in [3.8, 4) is 0 Å². The summed E-state index contributed by atoms with van der Waals surface area (Å²) in [6.45, 7) is 2.75. The summed E-state index contributed by atoms with van der Waals surface area (Å²) in [7, 11) is 0. The van der Waals surface area contributed by atoms with Crippen LogP contribution >= 0.6 is 0 Å². The van der Waals surface area contributed by atoms with Crippen molar-refractivity contribution in [1.29, 1.82) is 0 Å². The van der Waals surface area contributed by atoms with E-state index in [1.54, 1.807) is 6.20 Å². The van der Waals surface area contributed by atoms with Gasteiger partial charge in [0.2, 0.25) is 0 Å². The maximum absolute atomic E-state index is 10.8. The number of carbonyl (C=O) groups is 1. The molecule has 0 aromatic rings. The van der Waals surface area contributed by atoms with E-state index in [4.69, 9.17) is 5.11 Å². The molecule has 0 aliphatic carbocycles. The third-order valence-corrected chi connectivity index (χ3v) is 1.18. The molecule has 78 valence electrons. The number of aliphatic carboxylic acids is 1. The van der Waals surface area contributed by atoms with Crippen molar-refractivity contribution < 1.29 is 44.6 Å². The van der Waals surface area contributed by atoms with Crippen LogP contribution in [0.15, 0.2) is 29.4 Å². The Balaban J connectivity index is 0. The molecule has 0 aromatic carbocycles. The fourth-order valence-electron chi connectivity index (χ4n) is 0.627. The third-order valence-electron chi connectivity index (χ3n) is 1.18. The Labute approximate surface area is 111 Å². The molecule has 6 heteroatoms. The summed E-state index contributed by atoms with van der Waals surface area (Å²) in [6, 6.07) is 0. The predicted octanol–water partition coefficient (Wildman–Crippen LogP) is -3.49. The summed E-state index contributed by atoms with van der Waals surface area (Å²) in [5.41, 5.74) is 0. The monoisotopic (exact) mass is 220 g/mol. The first-order chi connectivity index (χ1) is 6.66. The van der Waals surface area contributed by atoms with E-state index in [2.05, 4.69) is 10.3 Å². The van der Waals surface area contributed by atoms with Crippen LogP contribution in [0.3, 0.4) is 0 Å². The molecule has 0 heterocycles. The van der Waals surface area contributed by atoms with E-state index in [0.29, 0.717) is 13.1 Å². The van der Waals surface area contributed by atoms with E-state index in [1.807, 2.05) is 13.0 Å². The molecule has 0 rings (SSSR count). The number of allylic oxidation sites excluding steroid dienone is 1. The van der Waals surface area contributed by atoms with Crippen molar-refractivity contribution in [2.75, 3.05) is 13.1 Å². The topological polar surface area (TPSA) is 84.8 Å². The molecule has 2 N–H and O–H groups in total. The average molecular weight is 220 g/mol. The number of aliphatic imine (C=N–C) groups is 1. The van der Waals surface area contributed by atoms with Crippen LogP contribution in [0.4, 0.5) is 0 Å². The number of carboxylic acid groups (broad SMARTS) is 1. The molecule has 0 spiro atoms. The molecule has 0 aliphatic heterocycles. The van der Waals surface area contributed by atoms with Gasteiger partial charge in [0.1, 0.15) is 0 Å². The minimum Gasteiger partial charge on any atom is -0.859 e. The van der Waals surface area contributed by atoms with Crippen LogP contribution in [0.2, 0.25) is 0 Å². The van der Waals surface area contributed by atoms with Gasteiger partial charge in [0, 0.05) is 12.6 Å². The number of nitrogens with zero attached hydrogens (tertiary/aromatic N) is 1. The Bertz CT molecular complexity index is 262. The molecule has 0 atom stereocenters. The number of hydrogen-bond acceptors (Lipinski definition) is 4. The van der Waals surface area contributed by atoms with Gasteiger partial charge in [-0.15, -0.1) is 0 Å². The van der Waals surface area contributed by atoms with E-state index in [9.17, 15) is 9.90 Å². The van der Waals surface area contributed by atoms with Crippen LogP contribution < -0.4 is 40.0 Å². The van der Waals surface area contributed by atoms with Gasteiger partial charge >= 0.3 is 35.5 Å². The van der Waals surface area contributed by atoms with Crippen LogP contribution in [0, 0.1) is 0 Å². The van der Waals surface area contributed by atoms with Gasteiger partial charge in [0.05, 0.1) is 6.54 Å². The smallest absolute Gasteiger partial charge is 0.859 e. The second-order valence-corrected chi connectivity index (χ2v) is 2.35. The van der Waals surface area contributed by atoms with E-state index in [1.165, 1.54) is 0 Å². The largest absolute Gasteiger partial charge is 1.00 e. The van der Waals surface area contributed by atoms with Gasteiger partial charge in [-0.1, -0.05) is 6.08 Å². The maximum atomic E-state index is 10.8. The second-order valence-electron chi connectivity index (χ2n) is 2.35. The van der Waals surface area contributed by atoms with Crippen molar-refractivity contribution in [3.63, 3.8) is 0 Å². The summed E-state index contributed by atoms with van der Waals surface area (Å²) in [6.07, 6.45) is 5.27. The van der Waals surface area contributed by atoms with Crippen molar-refractivity contribution in [1.82, 2.24) is 5.32 Å². The molecule has 0 fully saturated rings. The van der Waals surface area contributed by atoms with Crippen molar-refractivity contribution in [2.24, 2.45) is 4.99 Å². The van der Waals surface area contributed by atoms with Crippen LogP contribution in [-0.2, 0) is 4.79 Å². The third kappa shape index (κ3) is 13.2. The zero-order valence-electron chi connectivity index (χ0n) is 8.93. The Morgan fingerprint density at radius 2 is 2.20 bits per heavy atom. The first-order valence-electron chi connectivity index (χ1n) is 4.14. The molecule has 0 radical (unpaired) electrons. The Morgan fingerprint density at radius 3 is 2.73 bits per heavy atom. The number of hydrogen-bond donors (Lipinski definition) is 2. The van der Waals surface area contributed by atoms with Crippen molar-refractivity contribution in [3.05, 3.63) is 24.4 Å². The van der Waals surface area contributed by atoms with Crippen LogP contribution in [0.1, 0.15) is 6.92 Å². The van der Waals surface area contributed by atoms with Gasteiger partial charge in [-0.2, -0.15) is 0 Å². The van der Waals surface area contributed by atoms with E-state index in [0.717, 1.165) is 12.2 Å². The van der Waals surface area contributed by atoms with Crippen LogP contribution in [0.25, 0.3) is 0 Å². The maximum Gasteiger partial charge on any atom is 1.00 e. The fraction of sp³-hybridized carbons (Fsp3) is 0.333. The summed E-state index contributed by atoms with van der Waals surface area (Å²) in [5.74, 6) is -1.68. The summed E-state index contributed by atoms with van der Waals surface area (Å²) < 4.78 is 0. The molecule has 0 unspecified atom stereocenters. The molecule has 0 saturated heterocycles. The van der Waals surface area contributed by atoms with Crippen molar-refractivity contribution in [2.45, 2.75) is 6.92 Å². The molecular formula is C9H13N2NaO3. The number of carboxylic acids is 1. The van der Waals surface area contributed by atoms with Crippen molar-refractivity contribution >= 4 is 11.9 Å². The van der Waals surface area contributed by atoms with E-state index >= 15 is 0 Å². The quantitative estimate of drug-likeness (QED) is 0.160. The number of nitrogens with one attached hydrogen (secondary N) is 1. The zero-order chi connectivity index (χ0) is 10.8. The molecule has 0 saturated carbocycles. The van der Waals surface area contributed by atoms with Gasteiger partial charge in [-0.05, 0) is 25.1 Å².